The number of unbranched alkanes of at least 4 members (excludes halogenated alkanes) is 1. The van der Waals surface area contributed by atoms with Crippen molar-refractivity contribution < 1.29 is 13.2 Å². The molecule has 1 aliphatic heterocycles. The SMILES string of the molecule is CCCCn1c(N)c(N(CC)C(=O)CN2CCN(S(=O)(=O)N(CC)CC)CC2)c(=O)[nH]c1=O. The molecule has 1 aromatic rings. The molecule has 2 rings (SSSR count). The fourth-order valence-corrected chi connectivity index (χ4v) is 5.55. The molecule has 1 aromatic heterocycles. The van der Waals surface area contributed by atoms with E-state index >= 15 is 0 Å². The van der Waals surface area contributed by atoms with Gasteiger partial charge in [-0.1, -0.05) is 27.2 Å². The van der Waals surface area contributed by atoms with Crippen molar-refractivity contribution in [3.05, 3.63) is 20.8 Å². The quantitative estimate of drug-likeness (QED) is 0.427. The predicted octanol–water partition coefficient (Wildman–Crippen LogP) is -0.524. The lowest BCUT2D eigenvalue weighted by Crippen LogP contribution is -2.55. The molecule has 0 unspecified atom stereocenters. The van der Waals surface area contributed by atoms with Crippen LogP contribution < -0.4 is 21.9 Å². The van der Waals surface area contributed by atoms with E-state index in [2.05, 4.69) is 4.98 Å². The molecule has 0 aromatic carbocycles. The molecular weight excluding hydrogens is 450 g/mol. The van der Waals surface area contributed by atoms with Crippen molar-refractivity contribution >= 4 is 27.6 Å². The Kier molecular flexibility index (Phi) is 9.64. The van der Waals surface area contributed by atoms with Gasteiger partial charge in [0.05, 0.1) is 6.54 Å². The minimum Gasteiger partial charge on any atom is -0.383 e. The molecule has 12 nitrogen and oxygen atoms in total. The number of aromatic amines is 1. The topological polar surface area (TPSA) is 145 Å². The Hall–Kier alpha value is -2.22. The number of nitrogens with one attached hydrogen (secondary N) is 1. The number of carbonyl (C=O) groups is 1. The zero-order chi connectivity index (χ0) is 24.8. The van der Waals surface area contributed by atoms with Gasteiger partial charge in [-0.05, 0) is 13.3 Å². The van der Waals surface area contributed by atoms with Crippen LogP contribution in [-0.2, 0) is 21.5 Å². The maximum Gasteiger partial charge on any atom is 0.330 e. The summed E-state index contributed by atoms with van der Waals surface area (Å²) < 4.78 is 29.5. The highest BCUT2D eigenvalue weighted by Crippen LogP contribution is 2.18. The van der Waals surface area contributed by atoms with Crippen LogP contribution >= 0.6 is 0 Å². The van der Waals surface area contributed by atoms with Gasteiger partial charge in [0.1, 0.15) is 5.82 Å². The second kappa shape index (κ2) is 11.8. The zero-order valence-electron chi connectivity index (χ0n) is 20.0. The van der Waals surface area contributed by atoms with E-state index in [-0.39, 0.29) is 43.6 Å². The van der Waals surface area contributed by atoms with E-state index in [0.29, 0.717) is 39.1 Å². The molecule has 1 aliphatic rings. The third-order valence-corrected chi connectivity index (χ3v) is 8.07. The fourth-order valence-electron chi connectivity index (χ4n) is 3.94. The molecule has 13 heteroatoms. The smallest absolute Gasteiger partial charge is 0.330 e. The number of H-pyrrole nitrogens is 1. The van der Waals surface area contributed by atoms with E-state index in [0.717, 1.165) is 6.42 Å². The largest absolute Gasteiger partial charge is 0.383 e. The summed E-state index contributed by atoms with van der Waals surface area (Å²) in [6, 6.07) is 0. The minimum atomic E-state index is -3.52. The van der Waals surface area contributed by atoms with Gasteiger partial charge >= 0.3 is 5.69 Å². The van der Waals surface area contributed by atoms with Crippen molar-refractivity contribution in [2.24, 2.45) is 0 Å². The van der Waals surface area contributed by atoms with Gasteiger partial charge in [0.25, 0.3) is 15.8 Å². The van der Waals surface area contributed by atoms with Crippen LogP contribution in [-0.4, -0.2) is 89.7 Å². The molecule has 0 atom stereocenters. The summed E-state index contributed by atoms with van der Waals surface area (Å²) in [4.78, 5) is 43.2. The van der Waals surface area contributed by atoms with Gasteiger partial charge in [0, 0.05) is 52.4 Å². The molecule has 1 fully saturated rings. The molecule has 188 valence electrons. The van der Waals surface area contributed by atoms with Crippen molar-refractivity contribution in [3.8, 4) is 0 Å². The number of likely N-dealkylation sites (N-methyl/N-ethyl adjacent to an activating group) is 1. The van der Waals surface area contributed by atoms with E-state index in [1.165, 1.54) is 18.1 Å². The van der Waals surface area contributed by atoms with E-state index in [1.54, 1.807) is 20.8 Å². The number of nitrogen functional groups attached to an aromatic ring is 1. The normalized spacial score (nSPS) is 15.8. The van der Waals surface area contributed by atoms with Crippen LogP contribution in [0.15, 0.2) is 9.59 Å². The lowest BCUT2D eigenvalue weighted by atomic mass is 10.3. The highest BCUT2D eigenvalue weighted by molar-refractivity contribution is 7.86. The van der Waals surface area contributed by atoms with E-state index in [4.69, 9.17) is 5.73 Å². The molecule has 0 bridgehead atoms. The number of nitrogens with zero attached hydrogens (tertiary/aromatic N) is 5. The third-order valence-electron chi connectivity index (χ3n) is 5.88. The summed E-state index contributed by atoms with van der Waals surface area (Å²) >= 11 is 0. The number of aromatic nitrogens is 2. The Morgan fingerprint density at radius 2 is 1.64 bits per heavy atom. The van der Waals surface area contributed by atoms with Crippen molar-refractivity contribution in [3.63, 3.8) is 0 Å². The number of carbonyl (C=O) groups excluding carboxylic acids is 1. The summed E-state index contributed by atoms with van der Waals surface area (Å²) in [5.41, 5.74) is 4.83. The molecule has 33 heavy (non-hydrogen) atoms. The summed E-state index contributed by atoms with van der Waals surface area (Å²) in [7, 11) is -3.52. The summed E-state index contributed by atoms with van der Waals surface area (Å²) in [6.45, 7) is 10.0. The predicted molar refractivity (Wildman–Crippen MR) is 129 cm³/mol. The zero-order valence-corrected chi connectivity index (χ0v) is 20.9. The van der Waals surface area contributed by atoms with Gasteiger partial charge in [-0.2, -0.15) is 17.0 Å². The Balaban J connectivity index is 2.14. The van der Waals surface area contributed by atoms with E-state index in [1.807, 2.05) is 11.8 Å². The maximum atomic E-state index is 13.1. The molecule has 0 radical (unpaired) electrons. The summed E-state index contributed by atoms with van der Waals surface area (Å²) in [6.07, 6.45) is 1.54. The van der Waals surface area contributed by atoms with Crippen molar-refractivity contribution in [1.29, 1.82) is 0 Å². The van der Waals surface area contributed by atoms with Crippen molar-refractivity contribution in [1.82, 2.24) is 23.1 Å². The molecule has 0 spiro atoms. The first-order chi connectivity index (χ1) is 15.6. The first kappa shape index (κ1) is 27.0. The molecule has 1 saturated heterocycles. The maximum absolute atomic E-state index is 13.1. The lowest BCUT2D eigenvalue weighted by Gasteiger charge is -2.36. The van der Waals surface area contributed by atoms with Gasteiger partial charge in [-0.15, -0.1) is 0 Å². The highest BCUT2D eigenvalue weighted by atomic mass is 32.2. The van der Waals surface area contributed by atoms with Gasteiger partial charge in [-0.3, -0.25) is 24.0 Å². The third kappa shape index (κ3) is 6.02. The van der Waals surface area contributed by atoms with Gasteiger partial charge in [0.2, 0.25) is 5.91 Å². The summed E-state index contributed by atoms with van der Waals surface area (Å²) in [5.74, 6) is -0.363. The standard InChI is InChI=1S/C20H37N7O5S/c1-5-9-10-27-18(21)17(19(29)22-20(27)30)26(8-4)16(28)15-23-11-13-25(14-12-23)33(31,32)24(6-2)7-3/h5-15,21H2,1-4H3,(H,22,29,30). The first-order valence-electron chi connectivity index (χ1n) is 11.5. The Morgan fingerprint density at radius 1 is 1.03 bits per heavy atom. The monoisotopic (exact) mass is 487 g/mol. The fraction of sp³-hybridized carbons (Fsp3) is 0.750. The number of piperazine rings is 1. The molecule has 1 amide bonds. The number of hydrogen-bond acceptors (Lipinski definition) is 7. The van der Waals surface area contributed by atoms with Crippen LogP contribution in [0.2, 0.25) is 0 Å². The van der Waals surface area contributed by atoms with Gasteiger partial charge in [0.15, 0.2) is 5.69 Å². The van der Waals surface area contributed by atoms with Crippen LogP contribution in [0.25, 0.3) is 0 Å². The van der Waals surface area contributed by atoms with Crippen LogP contribution in [0.4, 0.5) is 11.5 Å². The van der Waals surface area contributed by atoms with Gasteiger partial charge < -0.3 is 10.6 Å². The minimum absolute atomic E-state index is 0.0139. The Labute approximate surface area is 195 Å². The highest BCUT2D eigenvalue weighted by Gasteiger charge is 2.32. The van der Waals surface area contributed by atoms with E-state index in [9.17, 15) is 22.8 Å². The number of rotatable bonds is 11. The molecule has 0 saturated carbocycles. The van der Waals surface area contributed by atoms with Crippen LogP contribution in [0.1, 0.15) is 40.5 Å². The number of nitrogens with two attached hydrogens (primary N) is 1. The lowest BCUT2D eigenvalue weighted by molar-refractivity contribution is -0.120. The van der Waals surface area contributed by atoms with Crippen LogP contribution in [0.5, 0.6) is 0 Å². The van der Waals surface area contributed by atoms with Crippen LogP contribution in [0, 0.1) is 0 Å². The molecule has 0 aliphatic carbocycles. The van der Waals surface area contributed by atoms with Crippen LogP contribution in [0.3, 0.4) is 0 Å². The van der Waals surface area contributed by atoms with Gasteiger partial charge in [-0.25, -0.2) is 4.79 Å². The van der Waals surface area contributed by atoms with Crippen molar-refractivity contribution in [2.75, 3.05) is 63.0 Å². The second-order valence-electron chi connectivity index (χ2n) is 7.90. The van der Waals surface area contributed by atoms with E-state index < -0.39 is 21.5 Å². The number of hydrogen-bond donors (Lipinski definition) is 2. The average molecular weight is 488 g/mol. The number of anilines is 2. The van der Waals surface area contributed by atoms with Crippen molar-refractivity contribution in [2.45, 2.75) is 47.1 Å². The number of amides is 1. The second-order valence-corrected chi connectivity index (χ2v) is 9.83. The average Bonchev–Trinajstić information content (AvgIpc) is 2.77. The first-order valence-corrected chi connectivity index (χ1v) is 12.9. The molecule has 2 heterocycles. The Morgan fingerprint density at radius 3 is 2.15 bits per heavy atom. The Bertz CT molecular complexity index is 1020. The summed E-state index contributed by atoms with van der Waals surface area (Å²) in [5, 5.41) is 0. The molecule has 3 N–H and O–H groups in total. The molecular formula is C20H37N7O5S.